The third-order valence-electron chi connectivity index (χ3n) is 3.90. The molecule has 10 nitrogen and oxygen atoms in total. The van der Waals surface area contributed by atoms with Crippen molar-refractivity contribution < 1.29 is 21.6 Å². The summed E-state index contributed by atoms with van der Waals surface area (Å²) in [5.41, 5.74) is 0.209. The second-order valence-corrected chi connectivity index (χ2v) is 7.62. The number of hydrogen-bond acceptors (Lipinski definition) is 8. The van der Waals surface area contributed by atoms with Gasteiger partial charge in [0.1, 0.15) is 0 Å². The number of rotatable bonds is 5. The first-order valence-corrected chi connectivity index (χ1v) is 9.75. The standard InChI is InChI=1S/C17H12F2N6O4S/c18-11-5-9(6-13-14(11)29-17(26)24-13)22-15-12(19)7-21-16(25-15)23-8-2-1-3-10(4-8)30(20,27)28/h1-7H,(H,24,26)(H2,20,27,28)(H2,21,22,23,25). The van der Waals surface area contributed by atoms with Crippen LogP contribution in [0.15, 0.2) is 56.7 Å². The largest absolute Gasteiger partial charge is 0.417 e. The molecule has 0 saturated carbocycles. The number of aromatic nitrogens is 3. The van der Waals surface area contributed by atoms with Gasteiger partial charge in [0, 0.05) is 17.4 Å². The van der Waals surface area contributed by atoms with E-state index in [1.54, 1.807) is 0 Å². The van der Waals surface area contributed by atoms with Crippen molar-refractivity contribution in [2.75, 3.05) is 10.6 Å². The van der Waals surface area contributed by atoms with Crippen molar-refractivity contribution >= 4 is 44.3 Å². The van der Waals surface area contributed by atoms with E-state index in [4.69, 9.17) is 5.14 Å². The summed E-state index contributed by atoms with van der Waals surface area (Å²) in [4.78, 5) is 21.1. The van der Waals surface area contributed by atoms with Gasteiger partial charge in [-0.1, -0.05) is 6.07 Å². The molecule has 154 valence electrons. The van der Waals surface area contributed by atoms with Gasteiger partial charge in [-0.25, -0.2) is 32.1 Å². The summed E-state index contributed by atoms with van der Waals surface area (Å²) in [6.07, 6.45) is 0.871. The zero-order valence-corrected chi connectivity index (χ0v) is 15.6. The molecule has 0 fully saturated rings. The van der Waals surface area contributed by atoms with Crippen LogP contribution in [0.5, 0.6) is 0 Å². The van der Waals surface area contributed by atoms with E-state index in [0.29, 0.717) is 5.69 Å². The van der Waals surface area contributed by atoms with Gasteiger partial charge in [-0.3, -0.25) is 4.98 Å². The fourth-order valence-corrected chi connectivity index (χ4v) is 3.18. The van der Waals surface area contributed by atoms with Crippen LogP contribution in [0.3, 0.4) is 0 Å². The highest BCUT2D eigenvalue weighted by molar-refractivity contribution is 7.89. The average Bonchev–Trinajstić information content (AvgIpc) is 3.05. The molecule has 0 aliphatic carbocycles. The van der Waals surface area contributed by atoms with E-state index < -0.39 is 27.4 Å². The van der Waals surface area contributed by atoms with Crippen LogP contribution in [0.1, 0.15) is 0 Å². The zero-order valence-electron chi connectivity index (χ0n) is 14.8. The lowest BCUT2D eigenvalue weighted by Crippen LogP contribution is -2.12. The minimum absolute atomic E-state index is 0.0660. The Morgan fingerprint density at radius 2 is 1.87 bits per heavy atom. The Morgan fingerprint density at radius 1 is 1.07 bits per heavy atom. The average molecular weight is 434 g/mol. The maximum absolute atomic E-state index is 14.2. The number of oxazole rings is 1. The Morgan fingerprint density at radius 3 is 2.63 bits per heavy atom. The fourth-order valence-electron chi connectivity index (χ4n) is 2.62. The lowest BCUT2D eigenvalue weighted by atomic mass is 10.2. The third kappa shape index (κ3) is 3.97. The number of halogens is 2. The summed E-state index contributed by atoms with van der Waals surface area (Å²) in [5.74, 6) is -2.85. The van der Waals surface area contributed by atoms with Crippen LogP contribution >= 0.6 is 0 Å². The van der Waals surface area contributed by atoms with E-state index >= 15 is 0 Å². The fraction of sp³-hybridized carbons (Fsp3) is 0. The molecule has 0 aliphatic rings. The molecule has 0 unspecified atom stereocenters. The Bertz CT molecular complexity index is 1430. The third-order valence-corrected chi connectivity index (χ3v) is 4.81. The summed E-state index contributed by atoms with van der Waals surface area (Å²) in [6, 6.07) is 7.90. The number of nitrogens with zero attached hydrogens (tertiary/aromatic N) is 2. The molecule has 0 amide bonds. The Balaban J connectivity index is 1.63. The van der Waals surface area contributed by atoms with Crippen LogP contribution in [0.25, 0.3) is 11.1 Å². The van der Waals surface area contributed by atoms with Crippen LogP contribution in [-0.2, 0) is 10.0 Å². The number of nitrogens with one attached hydrogen (secondary N) is 3. The quantitative estimate of drug-likeness (QED) is 0.373. The van der Waals surface area contributed by atoms with Crippen molar-refractivity contribution in [2.45, 2.75) is 4.90 Å². The highest BCUT2D eigenvalue weighted by Gasteiger charge is 2.13. The number of H-pyrrole nitrogens is 1. The Hall–Kier alpha value is -3.84. The van der Waals surface area contributed by atoms with Gasteiger partial charge in [-0.05, 0) is 24.3 Å². The van der Waals surface area contributed by atoms with E-state index in [1.165, 1.54) is 30.3 Å². The molecule has 0 saturated heterocycles. The van der Waals surface area contributed by atoms with E-state index in [2.05, 4.69) is 30.0 Å². The number of anilines is 4. The van der Waals surface area contributed by atoms with Crippen LogP contribution in [0, 0.1) is 11.6 Å². The van der Waals surface area contributed by atoms with Gasteiger partial charge >= 0.3 is 5.76 Å². The number of sulfonamides is 1. The molecule has 2 aromatic carbocycles. The smallest absolute Gasteiger partial charge is 0.405 e. The van der Waals surface area contributed by atoms with Gasteiger partial charge < -0.3 is 15.1 Å². The molecule has 30 heavy (non-hydrogen) atoms. The second kappa shape index (κ2) is 7.20. The predicted molar refractivity (Wildman–Crippen MR) is 103 cm³/mol. The molecule has 4 rings (SSSR count). The number of aromatic amines is 1. The van der Waals surface area contributed by atoms with Gasteiger partial charge in [-0.15, -0.1) is 0 Å². The van der Waals surface area contributed by atoms with E-state index in [0.717, 1.165) is 12.3 Å². The van der Waals surface area contributed by atoms with Crippen molar-refractivity contribution in [1.82, 2.24) is 15.0 Å². The topological polar surface area (TPSA) is 156 Å². The van der Waals surface area contributed by atoms with E-state index in [9.17, 15) is 22.0 Å². The molecule has 0 radical (unpaired) electrons. The molecule has 2 heterocycles. The van der Waals surface area contributed by atoms with Crippen LogP contribution in [-0.4, -0.2) is 23.4 Å². The highest BCUT2D eigenvalue weighted by atomic mass is 32.2. The molecule has 0 spiro atoms. The summed E-state index contributed by atoms with van der Waals surface area (Å²) in [7, 11) is -3.92. The number of nitrogens with two attached hydrogens (primary N) is 1. The summed E-state index contributed by atoms with van der Waals surface area (Å²) < 4.78 is 55.8. The van der Waals surface area contributed by atoms with Crippen molar-refractivity contribution in [3.8, 4) is 0 Å². The summed E-state index contributed by atoms with van der Waals surface area (Å²) in [6.45, 7) is 0. The molecule has 5 N–H and O–H groups in total. The number of hydrogen-bond donors (Lipinski definition) is 4. The Labute approximate surface area is 166 Å². The maximum atomic E-state index is 14.2. The summed E-state index contributed by atoms with van der Waals surface area (Å²) >= 11 is 0. The molecule has 0 atom stereocenters. The normalized spacial score (nSPS) is 11.6. The molecule has 0 aliphatic heterocycles. The maximum Gasteiger partial charge on any atom is 0.417 e. The molecule has 13 heteroatoms. The SMILES string of the molecule is NS(=O)(=O)c1cccc(Nc2ncc(F)c(Nc3cc(F)c4oc(=O)[nH]c4c3)n2)c1. The number of primary sulfonamides is 1. The highest BCUT2D eigenvalue weighted by Crippen LogP contribution is 2.25. The number of fused-ring (bicyclic) bond motifs is 1. The van der Waals surface area contributed by atoms with E-state index in [-0.39, 0.29) is 33.4 Å². The minimum atomic E-state index is -3.92. The molecular formula is C17H12F2N6O4S. The monoisotopic (exact) mass is 434 g/mol. The van der Waals surface area contributed by atoms with Crippen molar-refractivity contribution in [3.05, 3.63) is 64.8 Å². The van der Waals surface area contributed by atoms with Crippen molar-refractivity contribution in [1.29, 1.82) is 0 Å². The first-order valence-electron chi connectivity index (χ1n) is 8.21. The molecule has 2 aromatic heterocycles. The van der Waals surface area contributed by atoms with Crippen molar-refractivity contribution in [3.63, 3.8) is 0 Å². The molecular weight excluding hydrogens is 422 g/mol. The minimum Gasteiger partial charge on any atom is -0.405 e. The van der Waals surface area contributed by atoms with Gasteiger partial charge in [0.05, 0.1) is 16.6 Å². The van der Waals surface area contributed by atoms with Gasteiger partial charge in [0.2, 0.25) is 16.0 Å². The molecule has 4 aromatic rings. The predicted octanol–water partition coefficient (Wildman–Crippen LogP) is 2.32. The lowest BCUT2D eigenvalue weighted by Gasteiger charge is -2.10. The zero-order chi connectivity index (χ0) is 21.5. The first-order chi connectivity index (χ1) is 14.2. The number of benzene rings is 2. The van der Waals surface area contributed by atoms with Crippen LogP contribution in [0.2, 0.25) is 0 Å². The summed E-state index contributed by atoms with van der Waals surface area (Å²) in [5, 5.41) is 10.4. The van der Waals surface area contributed by atoms with Gasteiger partial charge in [0.15, 0.2) is 23.0 Å². The lowest BCUT2D eigenvalue weighted by molar-refractivity contribution is 0.523. The second-order valence-electron chi connectivity index (χ2n) is 6.06. The van der Waals surface area contributed by atoms with Gasteiger partial charge in [0.25, 0.3) is 0 Å². The van der Waals surface area contributed by atoms with Crippen LogP contribution in [0.4, 0.5) is 31.9 Å². The van der Waals surface area contributed by atoms with Gasteiger partial charge in [-0.2, -0.15) is 4.98 Å². The first kappa shape index (κ1) is 19.5. The van der Waals surface area contributed by atoms with E-state index in [1.807, 2.05) is 0 Å². The Kier molecular flexibility index (Phi) is 4.67. The van der Waals surface area contributed by atoms with Crippen LogP contribution < -0.4 is 21.5 Å². The molecule has 0 bridgehead atoms. The van der Waals surface area contributed by atoms with Crippen molar-refractivity contribution in [2.24, 2.45) is 5.14 Å².